The Balaban J connectivity index is 1.33. The molecular weight excluding hydrogens is 540 g/mol. The van der Waals surface area contributed by atoms with E-state index in [0.717, 1.165) is 50.2 Å². The Hall–Kier alpha value is -3.92. The number of ketones is 1. The van der Waals surface area contributed by atoms with Gasteiger partial charge >= 0.3 is 0 Å². The zero-order chi connectivity index (χ0) is 31.0. The first kappa shape index (κ1) is 28.8. The Morgan fingerprint density at radius 3 is 2.09 bits per heavy atom. The molecule has 0 bridgehead atoms. The predicted octanol–water partition coefficient (Wildman–Crippen LogP) is 8.32. The average molecular weight is 586 g/mol. The molecule has 2 unspecified atom stereocenters. The third-order valence-corrected chi connectivity index (χ3v) is 10.7. The van der Waals surface area contributed by atoms with E-state index in [-0.39, 0.29) is 22.4 Å². The third kappa shape index (κ3) is 4.48. The molecule has 0 saturated heterocycles. The number of nitrogens with zero attached hydrogens (tertiary/aromatic N) is 2. The normalized spacial score (nSPS) is 25.0. The van der Waals surface area contributed by atoms with Gasteiger partial charge in [0.25, 0.3) is 0 Å². The van der Waals surface area contributed by atoms with Gasteiger partial charge in [-0.1, -0.05) is 102 Å². The van der Waals surface area contributed by atoms with Crippen LogP contribution in [0.4, 0.5) is 0 Å². The predicted molar refractivity (Wildman–Crippen MR) is 178 cm³/mol. The summed E-state index contributed by atoms with van der Waals surface area (Å²) in [6.45, 7) is 15.4. The average Bonchev–Trinajstić information content (AvgIpc) is 3.67. The maximum absolute atomic E-state index is 14.3. The van der Waals surface area contributed by atoms with Gasteiger partial charge in [0.2, 0.25) is 11.5 Å². The minimum absolute atomic E-state index is 0.0334. The molecule has 4 heteroatoms. The maximum atomic E-state index is 14.3. The number of allylic oxidation sites excluding steroid dienone is 4. The molecule has 44 heavy (non-hydrogen) atoms. The Bertz CT molecular complexity index is 1790. The Kier molecular flexibility index (Phi) is 6.77. The van der Waals surface area contributed by atoms with Crippen LogP contribution < -0.4 is 0 Å². The van der Waals surface area contributed by atoms with Crippen LogP contribution in [0.3, 0.4) is 0 Å². The van der Waals surface area contributed by atoms with E-state index in [9.17, 15) is 9.90 Å². The van der Waals surface area contributed by atoms with E-state index < -0.39 is 0 Å². The number of benzene rings is 2. The van der Waals surface area contributed by atoms with Crippen LogP contribution in [0.5, 0.6) is 0 Å². The van der Waals surface area contributed by atoms with Crippen molar-refractivity contribution in [2.45, 2.75) is 85.1 Å². The first-order valence-corrected chi connectivity index (χ1v) is 16.4. The lowest BCUT2D eigenvalue weighted by Crippen LogP contribution is -2.29. The van der Waals surface area contributed by atoms with Crippen molar-refractivity contribution in [1.82, 2.24) is 4.57 Å². The number of aliphatic hydroxyl groups excluding tert-OH is 1. The SMILES string of the molecule is CC1CC(C)(C)C2=C/C(=C3/C(=O)C(c4cc5c(n4CCc4ccccc4)C(C)CC5(C)C)=C3O)[N+](CCc3ccccc3)=C21. The van der Waals surface area contributed by atoms with Gasteiger partial charge in [0.05, 0.1) is 11.3 Å². The van der Waals surface area contributed by atoms with Gasteiger partial charge < -0.3 is 9.67 Å². The van der Waals surface area contributed by atoms with E-state index in [1.165, 1.54) is 33.7 Å². The quantitative estimate of drug-likeness (QED) is 0.224. The summed E-state index contributed by atoms with van der Waals surface area (Å²) in [6.07, 6.45) is 6.15. The number of fused-ring (bicyclic) bond motifs is 2. The van der Waals surface area contributed by atoms with Gasteiger partial charge in [0.1, 0.15) is 11.3 Å². The third-order valence-electron chi connectivity index (χ3n) is 10.7. The van der Waals surface area contributed by atoms with E-state index in [1.807, 2.05) is 12.1 Å². The van der Waals surface area contributed by atoms with Crippen LogP contribution in [0, 0.1) is 11.3 Å². The fraction of sp³-hybridized carbons (Fsp3) is 0.400. The molecule has 2 aromatic carbocycles. The van der Waals surface area contributed by atoms with Gasteiger partial charge in [0, 0.05) is 36.2 Å². The smallest absolute Gasteiger partial charge is 0.221 e. The molecule has 0 radical (unpaired) electrons. The highest BCUT2D eigenvalue weighted by Crippen LogP contribution is 2.52. The lowest BCUT2D eigenvalue weighted by molar-refractivity contribution is -0.470. The Labute approximate surface area is 262 Å². The molecule has 1 saturated carbocycles. The van der Waals surface area contributed by atoms with Crippen LogP contribution in [0.1, 0.15) is 88.4 Å². The lowest BCUT2D eigenvalue weighted by Gasteiger charge is -2.25. The van der Waals surface area contributed by atoms with Gasteiger partial charge in [-0.15, -0.1) is 0 Å². The highest BCUT2D eigenvalue weighted by Gasteiger charge is 2.52. The zero-order valence-corrected chi connectivity index (χ0v) is 27.1. The number of rotatable bonds is 7. The first-order valence-electron chi connectivity index (χ1n) is 16.4. The molecule has 7 rings (SSSR count). The largest absolute Gasteiger partial charge is 0.506 e. The fourth-order valence-electron chi connectivity index (χ4n) is 8.76. The van der Waals surface area contributed by atoms with Crippen molar-refractivity contribution in [2.24, 2.45) is 11.3 Å². The molecule has 3 aliphatic carbocycles. The zero-order valence-electron chi connectivity index (χ0n) is 27.1. The number of aromatic nitrogens is 1. The molecule has 4 nitrogen and oxygen atoms in total. The lowest BCUT2D eigenvalue weighted by atomic mass is 9.81. The molecule has 1 aromatic heterocycles. The Morgan fingerprint density at radius 1 is 0.841 bits per heavy atom. The standard InChI is InChI=1S/C40H44N2O2/c1-25-23-39(3,4)29-21-31(41(35(25)29)19-17-27-13-9-7-10-14-27)33-37(43)34(38(33)44)32-22-30-36(26(2)24-40(30,5)6)42(32)20-18-28-15-11-8-12-16-28/h7-16,21-22,25-26H,17-20,23-24H2,1-6H3/p+1. The molecule has 1 fully saturated rings. The van der Waals surface area contributed by atoms with Gasteiger partial charge in [-0.2, -0.15) is 4.58 Å². The van der Waals surface area contributed by atoms with Crippen LogP contribution in [-0.4, -0.2) is 32.3 Å². The van der Waals surface area contributed by atoms with Crippen LogP contribution in [0.2, 0.25) is 0 Å². The molecule has 4 aliphatic rings. The second kappa shape index (κ2) is 10.3. The van der Waals surface area contributed by atoms with Crippen molar-refractivity contribution >= 4 is 17.1 Å². The van der Waals surface area contributed by atoms with Crippen molar-refractivity contribution < 1.29 is 14.5 Å². The molecule has 1 aliphatic heterocycles. The highest BCUT2D eigenvalue weighted by molar-refractivity contribution is 6.39. The Morgan fingerprint density at radius 2 is 1.45 bits per heavy atom. The topological polar surface area (TPSA) is 45.2 Å². The molecule has 0 amide bonds. The second-order valence-corrected chi connectivity index (χ2v) is 14.8. The first-order chi connectivity index (χ1) is 21.0. The van der Waals surface area contributed by atoms with Crippen molar-refractivity contribution in [2.75, 3.05) is 6.54 Å². The van der Waals surface area contributed by atoms with Gasteiger partial charge in [-0.05, 0) is 58.8 Å². The summed E-state index contributed by atoms with van der Waals surface area (Å²) in [5.74, 6) is 0.911. The fourth-order valence-corrected chi connectivity index (χ4v) is 8.76. The minimum atomic E-state index is -0.0345. The monoisotopic (exact) mass is 585 g/mol. The van der Waals surface area contributed by atoms with Crippen molar-refractivity contribution in [3.63, 3.8) is 0 Å². The maximum Gasteiger partial charge on any atom is 0.221 e. The van der Waals surface area contributed by atoms with E-state index in [4.69, 9.17) is 0 Å². The van der Waals surface area contributed by atoms with Crippen LogP contribution in [0.15, 0.2) is 95.4 Å². The van der Waals surface area contributed by atoms with Crippen molar-refractivity contribution in [1.29, 1.82) is 0 Å². The molecule has 226 valence electrons. The van der Waals surface area contributed by atoms with Crippen LogP contribution >= 0.6 is 0 Å². The summed E-state index contributed by atoms with van der Waals surface area (Å²) in [5, 5.41) is 11.8. The van der Waals surface area contributed by atoms with Crippen molar-refractivity contribution in [3.05, 3.63) is 123 Å². The summed E-state index contributed by atoms with van der Waals surface area (Å²) < 4.78 is 4.70. The van der Waals surface area contributed by atoms with Crippen LogP contribution in [0.25, 0.3) is 5.57 Å². The van der Waals surface area contributed by atoms with Gasteiger partial charge in [0.15, 0.2) is 12.3 Å². The number of hydrogen-bond acceptors (Lipinski definition) is 2. The van der Waals surface area contributed by atoms with E-state index in [2.05, 4.69) is 111 Å². The van der Waals surface area contributed by atoms with Crippen molar-refractivity contribution in [3.8, 4) is 0 Å². The number of hydrogen-bond donors (Lipinski definition) is 1. The van der Waals surface area contributed by atoms with E-state index >= 15 is 0 Å². The number of carbonyl (C=O) groups excluding carboxylic acids is 1. The van der Waals surface area contributed by atoms with Crippen LogP contribution in [-0.2, 0) is 29.6 Å². The van der Waals surface area contributed by atoms with E-state index in [1.54, 1.807) is 0 Å². The molecule has 0 spiro atoms. The summed E-state index contributed by atoms with van der Waals surface area (Å²) in [6, 6.07) is 23.3. The summed E-state index contributed by atoms with van der Waals surface area (Å²) in [7, 11) is 0. The highest BCUT2D eigenvalue weighted by atomic mass is 16.3. The molecule has 3 aromatic rings. The summed E-state index contributed by atoms with van der Waals surface area (Å²) in [4.78, 5) is 14.3. The molecule has 2 heterocycles. The summed E-state index contributed by atoms with van der Waals surface area (Å²) >= 11 is 0. The number of carbonyl (C=O) groups is 1. The van der Waals surface area contributed by atoms with Gasteiger partial charge in [-0.3, -0.25) is 4.79 Å². The summed E-state index contributed by atoms with van der Waals surface area (Å²) in [5.41, 5.74) is 10.6. The molecular formula is C40H45N2O2+. The number of Topliss-reactive ketones (excluding diaryl/α,β-unsaturated/α-hetero) is 1. The minimum Gasteiger partial charge on any atom is -0.506 e. The second-order valence-electron chi connectivity index (χ2n) is 14.8. The number of aryl methyl sites for hydroxylation is 1. The van der Waals surface area contributed by atoms with Gasteiger partial charge in [-0.25, -0.2) is 0 Å². The molecule has 2 atom stereocenters. The molecule has 1 N–H and O–H groups in total. The number of aliphatic hydroxyl groups is 1. The van der Waals surface area contributed by atoms with E-state index in [0.29, 0.717) is 23.0 Å².